The number of nitrogens with zero attached hydrogens (tertiary/aromatic N) is 2. The van der Waals surface area contributed by atoms with Crippen LogP contribution in [0.5, 0.6) is 0 Å². The van der Waals surface area contributed by atoms with Crippen molar-refractivity contribution in [3.63, 3.8) is 0 Å². The molecule has 0 saturated heterocycles. The molecule has 0 spiro atoms. The molecule has 0 saturated carbocycles. The summed E-state index contributed by atoms with van der Waals surface area (Å²) in [7, 11) is 1.60. The van der Waals surface area contributed by atoms with E-state index in [4.69, 9.17) is 4.42 Å². The Morgan fingerprint density at radius 1 is 1.25 bits per heavy atom. The Morgan fingerprint density at radius 2 is 2.00 bits per heavy atom. The van der Waals surface area contributed by atoms with Crippen molar-refractivity contribution in [1.82, 2.24) is 9.13 Å². The summed E-state index contributed by atoms with van der Waals surface area (Å²) in [6, 6.07) is 4.92. The van der Waals surface area contributed by atoms with Crippen LogP contribution in [0, 0.1) is 6.92 Å². The van der Waals surface area contributed by atoms with Crippen LogP contribution in [-0.4, -0.2) is 9.13 Å². The summed E-state index contributed by atoms with van der Waals surface area (Å²) in [6.45, 7) is 1.98. The molecule has 0 fully saturated rings. The third-order valence-corrected chi connectivity index (χ3v) is 2.35. The maximum atomic E-state index is 11.7. The molecule has 0 aliphatic carbocycles. The summed E-state index contributed by atoms with van der Waals surface area (Å²) in [6.07, 6.45) is 1.45. The number of furan rings is 1. The summed E-state index contributed by atoms with van der Waals surface area (Å²) >= 11 is 0. The summed E-state index contributed by atoms with van der Waals surface area (Å²) in [5, 5.41) is 0. The second-order valence-electron chi connectivity index (χ2n) is 3.65. The van der Waals surface area contributed by atoms with Gasteiger partial charge in [-0.15, -0.1) is 0 Å². The maximum absolute atomic E-state index is 11.7. The molecule has 5 nitrogen and oxygen atoms in total. The van der Waals surface area contributed by atoms with Crippen molar-refractivity contribution < 1.29 is 4.42 Å². The van der Waals surface area contributed by atoms with Gasteiger partial charge in [0.1, 0.15) is 11.5 Å². The molecule has 2 rings (SSSR count). The number of aromatic nitrogens is 2. The van der Waals surface area contributed by atoms with Crippen LogP contribution in [-0.2, 0) is 13.6 Å². The lowest BCUT2D eigenvalue weighted by Crippen LogP contribution is -2.38. The van der Waals surface area contributed by atoms with E-state index in [0.29, 0.717) is 5.76 Å². The van der Waals surface area contributed by atoms with Gasteiger partial charge >= 0.3 is 5.69 Å². The Morgan fingerprint density at radius 3 is 2.62 bits per heavy atom. The first-order chi connectivity index (χ1) is 7.58. The van der Waals surface area contributed by atoms with E-state index in [-0.39, 0.29) is 17.8 Å². The van der Waals surface area contributed by atoms with Crippen LogP contribution in [0.4, 0.5) is 0 Å². The van der Waals surface area contributed by atoms with E-state index in [1.165, 1.54) is 16.8 Å². The van der Waals surface area contributed by atoms with Crippen molar-refractivity contribution in [2.75, 3.05) is 0 Å². The zero-order valence-corrected chi connectivity index (χ0v) is 9.14. The van der Waals surface area contributed by atoms with Gasteiger partial charge in [-0.1, -0.05) is 0 Å². The van der Waals surface area contributed by atoms with Gasteiger partial charge in [-0.05, 0) is 19.1 Å². The number of hydrogen-bond acceptors (Lipinski definition) is 3. The molecule has 2 heterocycles. The molecule has 0 bridgehead atoms. The number of aryl methyl sites for hydroxylation is 2. The standard InChI is InChI=1S/C11H12N2O3/c1-8-3-4-9(16-8)7-13-10(14)5-6-12(2)11(13)15/h3-6H,7H2,1-2H3. The molecule has 0 aliphatic rings. The molecular weight excluding hydrogens is 208 g/mol. The Labute approximate surface area is 91.6 Å². The van der Waals surface area contributed by atoms with Gasteiger partial charge in [0, 0.05) is 19.3 Å². The van der Waals surface area contributed by atoms with Crippen LogP contribution in [0.1, 0.15) is 11.5 Å². The number of hydrogen-bond donors (Lipinski definition) is 0. The molecule has 0 aromatic carbocycles. The summed E-state index contributed by atoms with van der Waals surface area (Å²) in [5.41, 5.74) is -0.668. The van der Waals surface area contributed by atoms with Gasteiger partial charge in [-0.3, -0.25) is 9.36 Å². The fourth-order valence-electron chi connectivity index (χ4n) is 1.49. The molecule has 0 amide bonds. The average molecular weight is 220 g/mol. The molecule has 0 unspecified atom stereocenters. The van der Waals surface area contributed by atoms with Crippen LogP contribution in [0.25, 0.3) is 0 Å². The van der Waals surface area contributed by atoms with Gasteiger partial charge in [0.15, 0.2) is 0 Å². The largest absolute Gasteiger partial charge is 0.464 e. The number of rotatable bonds is 2. The molecule has 2 aromatic rings. The first kappa shape index (κ1) is 10.5. The van der Waals surface area contributed by atoms with Gasteiger partial charge in [0.05, 0.1) is 6.54 Å². The second kappa shape index (κ2) is 3.84. The minimum atomic E-state index is -0.346. The van der Waals surface area contributed by atoms with Crippen LogP contribution in [0.15, 0.2) is 38.4 Å². The predicted octanol–water partition coefficient (Wildman–Crippen LogP) is 0.497. The van der Waals surface area contributed by atoms with Gasteiger partial charge < -0.3 is 8.98 Å². The quantitative estimate of drug-likeness (QED) is 0.740. The summed E-state index contributed by atoms with van der Waals surface area (Å²) < 4.78 is 7.82. The van der Waals surface area contributed by atoms with E-state index in [0.717, 1.165) is 10.3 Å². The molecule has 5 heteroatoms. The van der Waals surface area contributed by atoms with E-state index in [9.17, 15) is 9.59 Å². The smallest absolute Gasteiger partial charge is 0.331 e. The monoisotopic (exact) mass is 220 g/mol. The third kappa shape index (κ3) is 1.84. The summed E-state index contributed by atoms with van der Waals surface area (Å²) in [5.74, 6) is 1.36. The lowest BCUT2D eigenvalue weighted by molar-refractivity contribution is 0.458. The zero-order valence-electron chi connectivity index (χ0n) is 9.14. The van der Waals surface area contributed by atoms with E-state index in [1.54, 1.807) is 19.2 Å². The fourth-order valence-corrected chi connectivity index (χ4v) is 1.49. The van der Waals surface area contributed by atoms with E-state index in [1.807, 2.05) is 6.92 Å². The van der Waals surface area contributed by atoms with Crippen molar-refractivity contribution in [1.29, 1.82) is 0 Å². The minimum Gasteiger partial charge on any atom is -0.464 e. The van der Waals surface area contributed by atoms with Crippen molar-refractivity contribution in [2.45, 2.75) is 13.5 Å². The molecule has 0 N–H and O–H groups in total. The fraction of sp³-hybridized carbons (Fsp3) is 0.273. The highest BCUT2D eigenvalue weighted by atomic mass is 16.3. The van der Waals surface area contributed by atoms with Crippen LogP contribution in [0.2, 0.25) is 0 Å². The van der Waals surface area contributed by atoms with Crippen LogP contribution >= 0.6 is 0 Å². The first-order valence-electron chi connectivity index (χ1n) is 4.90. The summed E-state index contributed by atoms with van der Waals surface area (Å²) in [4.78, 5) is 23.2. The highest BCUT2D eigenvalue weighted by Gasteiger charge is 2.06. The topological polar surface area (TPSA) is 57.1 Å². The van der Waals surface area contributed by atoms with Gasteiger partial charge in [-0.25, -0.2) is 4.79 Å². The average Bonchev–Trinajstić information content (AvgIpc) is 2.65. The normalized spacial score (nSPS) is 10.6. The minimum absolute atomic E-state index is 0.167. The third-order valence-electron chi connectivity index (χ3n) is 2.35. The first-order valence-corrected chi connectivity index (χ1v) is 4.90. The van der Waals surface area contributed by atoms with Crippen LogP contribution in [0.3, 0.4) is 0 Å². The SMILES string of the molecule is Cc1ccc(Cn2c(=O)ccn(C)c2=O)o1. The van der Waals surface area contributed by atoms with Crippen molar-refractivity contribution >= 4 is 0 Å². The highest BCUT2D eigenvalue weighted by Crippen LogP contribution is 2.06. The van der Waals surface area contributed by atoms with Gasteiger partial charge in [0.2, 0.25) is 0 Å². The Hall–Kier alpha value is -2.04. The van der Waals surface area contributed by atoms with E-state index < -0.39 is 0 Å². The van der Waals surface area contributed by atoms with E-state index in [2.05, 4.69) is 0 Å². The molecule has 2 aromatic heterocycles. The molecule has 16 heavy (non-hydrogen) atoms. The Balaban J connectivity index is 2.46. The molecular formula is C11H12N2O3. The van der Waals surface area contributed by atoms with Gasteiger partial charge in [-0.2, -0.15) is 0 Å². The van der Waals surface area contributed by atoms with E-state index >= 15 is 0 Å². The molecule has 84 valence electrons. The van der Waals surface area contributed by atoms with Crippen molar-refractivity contribution in [3.05, 3.63) is 56.8 Å². The molecule has 0 aliphatic heterocycles. The highest BCUT2D eigenvalue weighted by molar-refractivity contribution is 5.06. The maximum Gasteiger partial charge on any atom is 0.331 e. The van der Waals surface area contributed by atoms with Crippen molar-refractivity contribution in [3.8, 4) is 0 Å². The lowest BCUT2D eigenvalue weighted by atomic mass is 10.4. The zero-order chi connectivity index (χ0) is 11.7. The second-order valence-corrected chi connectivity index (χ2v) is 3.65. The van der Waals surface area contributed by atoms with Crippen LogP contribution < -0.4 is 11.2 Å². The van der Waals surface area contributed by atoms with Gasteiger partial charge in [0.25, 0.3) is 5.56 Å². The lowest BCUT2D eigenvalue weighted by Gasteiger charge is -2.03. The van der Waals surface area contributed by atoms with Crippen molar-refractivity contribution in [2.24, 2.45) is 7.05 Å². The molecule has 0 radical (unpaired) electrons. The molecule has 0 atom stereocenters. The Bertz CT molecular complexity index is 619. The predicted molar refractivity (Wildman–Crippen MR) is 58.5 cm³/mol. The Kier molecular flexibility index (Phi) is 2.52.